The molecule has 7 heteroatoms. The minimum Gasteiger partial charge on any atom is -0.441 e. The van der Waals surface area contributed by atoms with E-state index in [-0.39, 0.29) is 6.04 Å². The topological polar surface area (TPSA) is 105 Å². The molecule has 2 aromatic carbocycles. The predicted octanol–water partition coefficient (Wildman–Crippen LogP) is 2.81. The van der Waals surface area contributed by atoms with Gasteiger partial charge in [0, 0.05) is 33.0 Å². The second-order valence-electron chi connectivity index (χ2n) is 7.57. The number of nitriles is 1. The van der Waals surface area contributed by atoms with Crippen LogP contribution in [0.5, 0.6) is 0 Å². The third kappa shape index (κ3) is 4.35. The van der Waals surface area contributed by atoms with Crippen LogP contribution in [0, 0.1) is 18.3 Å². The summed E-state index contributed by atoms with van der Waals surface area (Å²) in [6.07, 6.45) is 0.676. The van der Waals surface area contributed by atoms with Gasteiger partial charge in [-0.3, -0.25) is 9.69 Å². The Hall–Kier alpha value is -3.21. The molecule has 0 aliphatic carbocycles. The van der Waals surface area contributed by atoms with Gasteiger partial charge in [0.1, 0.15) is 17.7 Å². The zero-order valence-electron chi connectivity index (χ0n) is 16.9. The molecule has 0 bridgehead atoms. The standard InChI is InChI=1S/C23H24N4O3/c1-15-26-20-12-18(7-8-21(20)30-15)17-5-3-16(4-6-17)11-19(13-24)27-9-2-10-29-22(14-27)23(25)28/h3-8,12,19,22H,2,9-11,14H2,1H3,(H2,25,28)/t19-,22-/m0/s1. The van der Waals surface area contributed by atoms with E-state index < -0.39 is 12.0 Å². The van der Waals surface area contributed by atoms with Crippen molar-refractivity contribution in [1.82, 2.24) is 9.88 Å². The van der Waals surface area contributed by atoms with Crippen LogP contribution in [0.15, 0.2) is 46.9 Å². The average Bonchev–Trinajstić information content (AvgIpc) is 2.95. The molecule has 4 rings (SSSR count). The van der Waals surface area contributed by atoms with Crippen molar-refractivity contribution in [1.29, 1.82) is 5.26 Å². The molecular formula is C23H24N4O3. The van der Waals surface area contributed by atoms with Crippen LogP contribution in [0.2, 0.25) is 0 Å². The fourth-order valence-corrected chi connectivity index (χ4v) is 3.84. The number of primary amides is 1. The Morgan fingerprint density at radius 3 is 2.80 bits per heavy atom. The monoisotopic (exact) mass is 404 g/mol. The zero-order chi connectivity index (χ0) is 21.1. The second-order valence-corrected chi connectivity index (χ2v) is 7.57. The maximum atomic E-state index is 11.6. The number of carbonyl (C=O) groups is 1. The van der Waals surface area contributed by atoms with Crippen LogP contribution < -0.4 is 5.73 Å². The highest BCUT2D eigenvalue weighted by Gasteiger charge is 2.27. The van der Waals surface area contributed by atoms with Crippen LogP contribution in [-0.2, 0) is 16.0 Å². The number of benzene rings is 2. The average molecular weight is 404 g/mol. The summed E-state index contributed by atoms with van der Waals surface area (Å²) in [6.45, 7) is 3.37. The van der Waals surface area contributed by atoms with E-state index in [4.69, 9.17) is 14.9 Å². The van der Waals surface area contributed by atoms with Crippen molar-refractivity contribution in [2.75, 3.05) is 19.7 Å². The Kier molecular flexibility index (Phi) is 5.79. The number of amides is 1. The van der Waals surface area contributed by atoms with Crippen molar-refractivity contribution < 1.29 is 13.9 Å². The molecule has 1 saturated heterocycles. The number of carbonyl (C=O) groups excluding carboxylic acids is 1. The lowest BCUT2D eigenvalue weighted by molar-refractivity contribution is -0.129. The summed E-state index contributed by atoms with van der Waals surface area (Å²) in [5.41, 5.74) is 10.2. The first-order chi connectivity index (χ1) is 14.5. The molecule has 2 atom stereocenters. The summed E-state index contributed by atoms with van der Waals surface area (Å²) in [4.78, 5) is 17.9. The molecule has 154 valence electrons. The smallest absolute Gasteiger partial charge is 0.247 e. The summed E-state index contributed by atoms with van der Waals surface area (Å²) in [5, 5.41) is 9.73. The number of aryl methyl sites for hydroxylation is 1. The Morgan fingerprint density at radius 1 is 1.30 bits per heavy atom. The first kappa shape index (κ1) is 20.1. The normalized spacial score (nSPS) is 18.6. The number of hydrogen-bond acceptors (Lipinski definition) is 6. The molecule has 1 aliphatic rings. The van der Waals surface area contributed by atoms with E-state index in [0.29, 0.717) is 32.0 Å². The van der Waals surface area contributed by atoms with Gasteiger partial charge in [-0.1, -0.05) is 30.3 Å². The van der Waals surface area contributed by atoms with Gasteiger partial charge >= 0.3 is 0 Å². The Morgan fingerprint density at radius 2 is 2.07 bits per heavy atom. The summed E-state index contributed by atoms with van der Waals surface area (Å²) >= 11 is 0. The van der Waals surface area contributed by atoms with Crippen LogP contribution in [0.25, 0.3) is 22.2 Å². The van der Waals surface area contributed by atoms with Gasteiger partial charge < -0.3 is 14.9 Å². The Labute approximate surface area is 175 Å². The second kappa shape index (κ2) is 8.66. The molecule has 3 aromatic rings. The zero-order valence-corrected chi connectivity index (χ0v) is 16.9. The third-order valence-corrected chi connectivity index (χ3v) is 5.43. The molecule has 1 fully saturated rings. The number of oxazole rings is 1. The molecule has 2 N–H and O–H groups in total. The number of rotatable bonds is 5. The molecule has 1 aromatic heterocycles. The summed E-state index contributed by atoms with van der Waals surface area (Å²) in [6, 6.07) is 16.2. The quantitative estimate of drug-likeness (QED) is 0.701. The highest BCUT2D eigenvalue weighted by molar-refractivity contribution is 5.80. The van der Waals surface area contributed by atoms with Crippen LogP contribution in [0.4, 0.5) is 0 Å². The number of nitrogens with two attached hydrogens (primary N) is 1. The maximum Gasteiger partial charge on any atom is 0.247 e. The molecule has 1 aliphatic heterocycles. The van der Waals surface area contributed by atoms with Gasteiger partial charge in [0.05, 0.1) is 6.07 Å². The number of ether oxygens (including phenoxy) is 1. The number of nitrogens with zero attached hydrogens (tertiary/aromatic N) is 3. The van der Waals surface area contributed by atoms with E-state index in [1.807, 2.05) is 42.2 Å². The Balaban J connectivity index is 1.48. The Bertz CT molecular complexity index is 1080. The SMILES string of the molecule is Cc1nc2cc(-c3ccc(C[C@@H](C#N)N4CCCO[C@H](C(N)=O)C4)cc3)ccc2o1. The molecule has 0 spiro atoms. The number of aromatic nitrogens is 1. The summed E-state index contributed by atoms with van der Waals surface area (Å²) in [7, 11) is 0. The van der Waals surface area contributed by atoms with Crippen molar-refractivity contribution in [3.63, 3.8) is 0 Å². The highest BCUT2D eigenvalue weighted by Crippen LogP contribution is 2.25. The van der Waals surface area contributed by atoms with Crippen LogP contribution in [0.1, 0.15) is 17.9 Å². The van der Waals surface area contributed by atoms with Crippen molar-refractivity contribution in [3.8, 4) is 17.2 Å². The fourth-order valence-electron chi connectivity index (χ4n) is 3.84. The molecule has 0 radical (unpaired) electrons. The van der Waals surface area contributed by atoms with E-state index in [2.05, 4.69) is 23.2 Å². The molecule has 0 saturated carbocycles. The van der Waals surface area contributed by atoms with E-state index in [0.717, 1.165) is 34.2 Å². The van der Waals surface area contributed by atoms with Gasteiger partial charge in [0.2, 0.25) is 5.91 Å². The molecular weight excluding hydrogens is 380 g/mol. The first-order valence-corrected chi connectivity index (χ1v) is 10.0. The lowest BCUT2D eigenvalue weighted by Crippen LogP contribution is -2.44. The number of fused-ring (bicyclic) bond motifs is 1. The fraction of sp³-hybridized carbons (Fsp3) is 0.348. The van der Waals surface area contributed by atoms with Gasteiger partial charge in [-0.15, -0.1) is 0 Å². The lowest BCUT2D eigenvalue weighted by atomic mass is 10.00. The highest BCUT2D eigenvalue weighted by atomic mass is 16.5. The van der Waals surface area contributed by atoms with Crippen LogP contribution >= 0.6 is 0 Å². The molecule has 0 unspecified atom stereocenters. The molecule has 7 nitrogen and oxygen atoms in total. The molecule has 30 heavy (non-hydrogen) atoms. The minimum atomic E-state index is -0.666. The van der Waals surface area contributed by atoms with Crippen LogP contribution in [0.3, 0.4) is 0 Å². The van der Waals surface area contributed by atoms with E-state index in [9.17, 15) is 10.1 Å². The summed E-state index contributed by atoms with van der Waals surface area (Å²) in [5.74, 6) is 0.166. The van der Waals surface area contributed by atoms with Gasteiger partial charge in [-0.25, -0.2) is 4.98 Å². The minimum absolute atomic E-state index is 0.339. The van der Waals surface area contributed by atoms with Gasteiger partial charge in [-0.2, -0.15) is 5.26 Å². The van der Waals surface area contributed by atoms with E-state index in [1.165, 1.54) is 0 Å². The molecule has 1 amide bonds. The maximum absolute atomic E-state index is 11.6. The molecule has 2 heterocycles. The van der Waals surface area contributed by atoms with E-state index >= 15 is 0 Å². The van der Waals surface area contributed by atoms with Gasteiger partial charge in [0.25, 0.3) is 0 Å². The van der Waals surface area contributed by atoms with Crippen molar-refractivity contribution in [2.45, 2.75) is 31.9 Å². The summed E-state index contributed by atoms with van der Waals surface area (Å²) < 4.78 is 11.0. The number of hydrogen-bond donors (Lipinski definition) is 1. The van der Waals surface area contributed by atoms with Gasteiger partial charge in [0.15, 0.2) is 11.5 Å². The van der Waals surface area contributed by atoms with Gasteiger partial charge in [-0.05, 0) is 35.2 Å². The third-order valence-electron chi connectivity index (χ3n) is 5.43. The van der Waals surface area contributed by atoms with E-state index in [1.54, 1.807) is 0 Å². The van der Waals surface area contributed by atoms with Crippen molar-refractivity contribution >= 4 is 17.0 Å². The first-order valence-electron chi connectivity index (χ1n) is 10.0. The predicted molar refractivity (Wildman–Crippen MR) is 112 cm³/mol. The largest absolute Gasteiger partial charge is 0.441 e. The van der Waals surface area contributed by atoms with Crippen molar-refractivity contribution in [3.05, 3.63) is 53.9 Å². The van der Waals surface area contributed by atoms with Crippen LogP contribution in [-0.4, -0.2) is 47.6 Å². The lowest BCUT2D eigenvalue weighted by Gasteiger charge is -2.27. The van der Waals surface area contributed by atoms with Crippen molar-refractivity contribution in [2.24, 2.45) is 5.73 Å².